The molecule has 1 aliphatic heterocycles. The molecule has 0 saturated carbocycles. The molecule has 3 aromatic carbocycles. The summed E-state index contributed by atoms with van der Waals surface area (Å²) in [5, 5.41) is 7.19. The fourth-order valence-electron chi connectivity index (χ4n) is 4.48. The Bertz CT molecular complexity index is 1550. The maximum atomic E-state index is 13.6. The summed E-state index contributed by atoms with van der Waals surface area (Å²) in [6.45, 7) is 1.04. The molecule has 40 heavy (non-hydrogen) atoms. The molecule has 2 heterocycles. The van der Waals surface area contributed by atoms with Gasteiger partial charge in [0.05, 0.1) is 17.8 Å². The van der Waals surface area contributed by atoms with Crippen molar-refractivity contribution in [3.05, 3.63) is 99.7 Å². The van der Waals surface area contributed by atoms with Crippen LogP contribution in [0.25, 0.3) is 16.9 Å². The number of hydrazine groups is 1. The van der Waals surface area contributed by atoms with Crippen LogP contribution in [0.3, 0.4) is 0 Å². The van der Waals surface area contributed by atoms with Gasteiger partial charge in [0.2, 0.25) is 0 Å². The van der Waals surface area contributed by atoms with Gasteiger partial charge in [-0.1, -0.05) is 47.5 Å². The third kappa shape index (κ3) is 5.65. The number of nitrogens with zero attached hydrogens (tertiary/aromatic N) is 4. The van der Waals surface area contributed by atoms with E-state index in [0.717, 1.165) is 12.1 Å². The quantitative estimate of drug-likeness (QED) is 0.335. The number of benzene rings is 3. The van der Waals surface area contributed by atoms with E-state index in [-0.39, 0.29) is 43.2 Å². The summed E-state index contributed by atoms with van der Waals surface area (Å²) in [5.74, 6) is -2.42. The van der Waals surface area contributed by atoms with Gasteiger partial charge in [0.25, 0.3) is 11.8 Å². The smallest absolute Gasteiger partial charge is 0.289 e. The average Bonchev–Trinajstić information content (AvgIpc) is 3.33. The van der Waals surface area contributed by atoms with Crippen LogP contribution >= 0.6 is 23.2 Å². The first-order valence-electron chi connectivity index (χ1n) is 12.2. The lowest BCUT2D eigenvalue weighted by Crippen LogP contribution is -2.54. The summed E-state index contributed by atoms with van der Waals surface area (Å²) in [7, 11) is 1.45. The number of methoxy groups -OCH3 is 1. The Morgan fingerprint density at radius 2 is 1.57 bits per heavy atom. The van der Waals surface area contributed by atoms with Gasteiger partial charge >= 0.3 is 0 Å². The van der Waals surface area contributed by atoms with E-state index in [2.05, 4.69) is 10.5 Å². The van der Waals surface area contributed by atoms with Gasteiger partial charge in [0.1, 0.15) is 17.3 Å². The summed E-state index contributed by atoms with van der Waals surface area (Å²) in [6, 6.07) is 16.8. The van der Waals surface area contributed by atoms with Crippen LogP contribution in [0.1, 0.15) is 20.8 Å². The Hall–Kier alpha value is -3.99. The second-order valence-electron chi connectivity index (χ2n) is 8.98. The molecule has 1 aliphatic rings. The van der Waals surface area contributed by atoms with Gasteiger partial charge in [-0.25, -0.2) is 18.5 Å². The summed E-state index contributed by atoms with van der Waals surface area (Å²) in [5.41, 5.74) is 4.54. The molecule has 1 fully saturated rings. The number of hydrogen-bond donors (Lipinski definition) is 1. The van der Waals surface area contributed by atoms with Gasteiger partial charge in [-0.05, 0) is 36.4 Å². The fraction of sp³-hybridized carbons (Fsp3) is 0.179. The highest BCUT2D eigenvalue weighted by molar-refractivity contribution is 6.32. The number of nitrogens with one attached hydrogen (secondary N) is 1. The molecule has 2 amide bonds. The first-order chi connectivity index (χ1) is 19.2. The third-order valence-corrected chi connectivity index (χ3v) is 6.97. The second-order valence-corrected chi connectivity index (χ2v) is 9.82. The maximum Gasteiger partial charge on any atom is 0.289 e. The summed E-state index contributed by atoms with van der Waals surface area (Å²) in [4.78, 5) is 27.7. The first-order valence-corrected chi connectivity index (χ1v) is 13.0. The molecule has 0 unspecified atom stereocenters. The molecular formula is C28H23Cl2F2N5O3. The van der Waals surface area contributed by atoms with E-state index in [0.29, 0.717) is 33.1 Å². The molecule has 1 saturated heterocycles. The van der Waals surface area contributed by atoms with Crippen molar-refractivity contribution in [3.63, 3.8) is 0 Å². The van der Waals surface area contributed by atoms with Crippen molar-refractivity contribution < 1.29 is 23.1 Å². The number of carbonyl (C=O) groups excluding carboxylic acids is 2. The highest BCUT2D eigenvalue weighted by Gasteiger charge is 2.29. The molecule has 0 aliphatic carbocycles. The molecule has 0 spiro atoms. The van der Waals surface area contributed by atoms with Crippen LogP contribution in [0.5, 0.6) is 5.75 Å². The fourth-order valence-corrected chi connectivity index (χ4v) is 4.82. The number of aromatic nitrogens is 2. The Balaban J connectivity index is 1.38. The Morgan fingerprint density at radius 3 is 2.20 bits per heavy atom. The van der Waals surface area contributed by atoms with Crippen LogP contribution < -0.4 is 10.2 Å². The minimum atomic E-state index is -0.822. The number of para-hydroxylation sites is 1. The van der Waals surface area contributed by atoms with Crippen LogP contribution in [-0.4, -0.2) is 64.8 Å². The molecule has 4 aromatic rings. The number of hydrogen-bond acceptors (Lipinski definition) is 5. The standard InChI is InChI=1S/C28H23Cl2F2N5O3/c1-40-26-24(33-37(23-5-3-2-4-22(23)30)25(26)17-6-8-19(29)9-7-17)27(38)34-36-12-10-35(11-13-36)28(39)18-14-20(31)16-21(32)15-18/h2-9,14-16H,10-13H2,1H3,(H,34,38). The van der Waals surface area contributed by atoms with E-state index >= 15 is 0 Å². The minimum Gasteiger partial charge on any atom is -0.492 e. The Kier molecular flexibility index (Phi) is 8.02. The van der Waals surface area contributed by atoms with Gasteiger partial charge in [-0.3, -0.25) is 15.0 Å². The predicted molar refractivity (Wildman–Crippen MR) is 147 cm³/mol. The number of amides is 2. The molecule has 206 valence electrons. The van der Waals surface area contributed by atoms with Crippen molar-refractivity contribution in [2.75, 3.05) is 33.3 Å². The number of halogens is 4. The molecule has 8 nitrogen and oxygen atoms in total. The zero-order valence-corrected chi connectivity index (χ0v) is 22.7. The summed E-state index contributed by atoms with van der Waals surface area (Å²) in [6.07, 6.45) is 0. The molecule has 5 rings (SSSR count). The topological polar surface area (TPSA) is 79.7 Å². The molecule has 1 aromatic heterocycles. The largest absolute Gasteiger partial charge is 0.492 e. The van der Waals surface area contributed by atoms with E-state index < -0.39 is 23.4 Å². The Labute approximate surface area is 238 Å². The van der Waals surface area contributed by atoms with Crippen LogP contribution in [0.2, 0.25) is 10.0 Å². The zero-order valence-electron chi connectivity index (χ0n) is 21.2. The van der Waals surface area contributed by atoms with Gasteiger partial charge in [-0.15, -0.1) is 0 Å². The lowest BCUT2D eigenvalue weighted by Gasteiger charge is -2.34. The molecule has 0 bridgehead atoms. The number of rotatable bonds is 6. The van der Waals surface area contributed by atoms with Crippen LogP contribution in [0.4, 0.5) is 8.78 Å². The second kappa shape index (κ2) is 11.6. The first kappa shape index (κ1) is 27.6. The van der Waals surface area contributed by atoms with E-state index in [9.17, 15) is 18.4 Å². The monoisotopic (exact) mass is 585 g/mol. The highest BCUT2D eigenvalue weighted by atomic mass is 35.5. The van der Waals surface area contributed by atoms with E-state index in [1.165, 1.54) is 12.0 Å². The lowest BCUT2D eigenvalue weighted by atomic mass is 10.1. The molecule has 0 radical (unpaired) electrons. The molecule has 0 atom stereocenters. The lowest BCUT2D eigenvalue weighted by molar-refractivity contribution is 0.0502. The molecular weight excluding hydrogens is 563 g/mol. The van der Waals surface area contributed by atoms with E-state index in [1.54, 1.807) is 58.2 Å². The normalized spacial score (nSPS) is 13.8. The van der Waals surface area contributed by atoms with Crippen molar-refractivity contribution in [2.24, 2.45) is 0 Å². The van der Waals surface area contributed by atoms with Crippen molar-refractivity contribution in [2.45, 2.75) is 0 Å². The van der Waals surface area contributed by atoms with Gasteiger partial charge in [-0.2, -0.15) is 5.10 Å². The number of ether oxygens (including phenoxy) is 1. The summed E-state index contributed by atoms with van der Waals surface area (Å²) >= 11 is 12.6. The predicted octanol–water partition coefficient (Wildman–Crippen LogP) is 5.24. The van der Waals surface area contributed by atoms with Crippen molar-refractivity contribution in [1.82, 2.24) is 25.1 Å². The average molecular weight is 586 g/mol. The van der Waals surface area contributed by atoms with Crippen LogP contribution in [0.15, 0.2) is 66.7 Å². The zero-order chi connectivity index (χ0) is 28.4. The highest BCUT2D eigenvalue weighted by Crippen LogP contribution is 2.37. The van der Waals surface area contributed by atoms with Gasteiger partial charge < -0.3 is 9.64 Å². The van der Waals surface area contributed by atoms with Crippen LogP contribution in [0, 0.1) is 11.6 Å². The van der Waals surface area contributed by atoms with Gasteiger partial charge in [0.15, 0.2) is 11.4 Å². The number of carbonyl (C=O) groups is 2. The van der Waals surface area contributed by atoms with Crippen molar-refractivity contribution >= 4 is 35.0 Å². The summed E-state index contributed by atoms with van der Waals surface area (Å²) < 4.78 is 34.4. The Morgan fingerprint density at radius 1 is 0.925 bits per heavy atom. The van der Waals surface area contributed by atoms with E-state index in [4.69, 9.17) is 27.9 Å². The minimum absolute atomic E-state index is 0.0288. The molecule has 12 heteroatoms. The van der Waals surface area contributed by atoms with E-state index in [1.807, 2.05) is 0 Å². The number of piperazine rings is 1. The van der Waals surface area contributed by atoms with Crippen molar-refractivity contribution in [3.8, 4) is 22.7 Å². The van der Waals surface area contributed by atoms with Crippen LogP contribution in [-0.2, 0) is 0 Å². The maximum absolute atomic E-state index is 13.6. The van der Waals surface area contributed by atoms with Gasteiger partial charge in [0, 0.05) is 48.4 Å². The SMILES string of the molecule is COc1c(C(=O)NN2CCN(C(=O)c3cc(F)cc(F)c3)CC2)nn(-c2ccccc2Cl)c1-c1ccc(Cl)cc1. The molecule has 1 N–H and O–H groups in total. The third-order valence-electron chi connectivity index (χ3n) is 6.40. The van der Waals surface area contributed by atoms with Crippen molar-refractivity contribution in [1.29, 1.82) is 0 Å².